The normalized spacial score (nSPS) is 11.7. The zero-order chi connectivity index (χ0) is 16.5. The van der Waals surface area contributed by atoms with E-state index < -0.39 is 9.84 Å². The van der Waals surface area contributed by atoms with Gasteiger partial charge in [-0.05, 0) is 31.0 Å². The Morgan fingerprint density at radius 3 is 2.45 bits per heavy atom. The molecule has 1 aromatic carbocycles. The zero-order valence-electron chi connectivity index (χ0n) is 12.8. The fourth-order valence-electron chi connectivity index (χ4n) is 2.03. The summed E-state index contributed by atoms with van der Waals surface area (Å²) in [7, 11) is -3.31. The number of sulfone groups is 1. The Labute approximate surface area is 135 Å². The second-order valence-electron chi connectivity index (χ2n) is 5.31. The summed E-state index contributed by atoms with van der Waals surface area (Å²) < 4.78 is 28.7. The summed E-state index contributed by atoms with van der Waals surface area (Å²) in [6, 6.07) is 4.35. The molecule has 0 amide bonds. The maximum absolute atomic E-state index is 11.5. The standard InChI is InChI=1S/C15H17ClN2O3S/c1-9(2)14-10(3)15(18-8-17-14)21-13-6-5-11(7-12(13)16)22(4,19)20/h5-9H,1-4H3. The van der Waals surface area contributed by atoms with E-state index in [1.165, 1.54) is 24.5 Å². The van der Waals surface area contributed by atoms with Crippen LogP contribution in [0.15, 0.2) is 29.4 Å². The van der Waals surface area contributed by atoms with E-state index in [0.29, 0.717) is 11.6 Å². The van der Waals surface area contributed by atoms with Gasteiger partial charge in [0.15, 0.2) is 9.84 Å². The van der Waals surface area contributed by atoms with Gasteiger partial charge in [0.2, 0.25) is 5.88 Å². The number of hydrogen-bond donors (Lipinski definition) is 0. The average molecular weight is 341 g/mol. The van der Waals surface area contributed by atoms with Gasteiger partial charge >= 0.3 is 0 Å². The van der Waals surface area contributed by atoms with Crippen molar-refractivity contribution in [3.63, 3.8) is 0 Å². The molecule has 0 fully saturated rings. The van der Waals surface area contributed by atoms with Crippen LogP contribution < -0.4 is 4.74 Å². The maximum Gasteiger partial charge on any atom is 0.225 e. The Bertz CT molecular complexity index is 804. The lowest BCUT2D eigenvalue weighted by Gasteiger charge is -2.13. The van der Waals surface area contributed by atoms with Crippen LogP contribution in [0.25, 0.3) is 0 Å². The van der Waals surface area contributed by atoms with Crippen LogP contribution in [0.2, 0.25) is 5.02 Å². The molecule has 0 atom stereocenters. The van der Waals surface area contributed by atoms with Crippen LogP contribution in [0.3, 0.4) is 0 Å². The summed E-state index contributed by atoms with van der Waals surface area (Å²) in [5.41, 5.74) is 1.73. The minimum absolute atomic E-state index is 0.145. The molecular formula is C15H17ClN2O3S. The van der Waals surface area contributed by atoms with Gasteiger partial charge in [-0.25, -0.2) is 18.4 Å². The summed E-state index contributed by atoms with van der Waals surface area (Å²) in [5, 5.41) is 0.215. The molecule has 5 nitrogen and oxygen atoms in total. The first-order valence-electron chi connectivity index (χ1n) is 6.69. The lowest BCUT2D eigenvalue weighted by Crippen LogP contribution is -2.02. The highest BCUT2D eigenvalue weighted by Crippen LogP contribution is 2.33. The molecule has 22 heavy (non-hydrogen) atoms. The third-order valence-corrected chi connectivity index (χ3v) is 4.57. The summed E-state index contributed by atoms with van der Waals surface area (Å²) in [6.07, 6.45) is 2.57. The van der Waals surface area contributed by atoms with Crippen molar-refractivity contribution < 1.29 is 13.2 Å². The van der Waals surface area contributed by atoms with Crippen molar-refractivity contribution >= 4 is 21.4 Å². The summed E-state index contributed by atoms with van der Waals surface area (Å²) in [6.45, 7) is 5.95. The number of hydrogen-bond acceptors (Lipinski definition) is 5. The van der Waals surface area contributed by atoms with E-state index in [1.807, 2.05) is 20.8 Å². The van der Waals surface area contributed by atoms with E-state index in [9.17, 15) is 8.42 Å². The number of nitrogens with zero attached hydrogens (tertiary/aromatic N) is 2. The van der Waals surface area contributed by atoms with E-state index in [0.717, 1.165) is 17.5 Å². The Kier molecular flexibility index (Phi) is 4.72. The summed E-state index contributed by atoms with van der Waals surface area (Å²) >= 11 is 6.11. The van der Waals surface area contributed by atoms with Gasteiger partial charge in [0, 0.05) is 11.8 Å². The second-order valence-corrected chi connectivity index (χ2v) is 7.73. The molecule has 1 aromatic heterocycles. The molecule has 0 aliphatic heterocycles. The molecule has 1 heterocycles. The van der Waals surface area contributed by atoms with Gasteiger partial charge in [-0.2, -0.15) is 0 Å². The number of rotatable bonds is 4. The third kappa shape index (κ3) is 3.56. The van der Waals surface area contributed by atoms with Gasteiger partial charge in [-0.15, -0.1) is 0 Å². The lowest BCUT2D eigenvalue weighted by molar-refractivity contribution is 0.454. The Morgan fingerprint density at radius 1 is 1.23 bits per heavy atom. The van der Waals surface area contributed by atoms with Crippen molar-refractivity contribution in [2.24, 2.45) is 0 Å². The van der Waals surface area contributed by atoms with Gasteiger partial charge in [0.25, 0.3) is 0 Å². The molecule has 0 saturated carbocycles. The number of aromatic nitrogens is 2. The van der Waals surface area contributed by atoms with Crippen LogP contribution in [-0.4, -0.2) is 24.6 Å². The van der Waals surface area contributed by atoms with Gasteiger partial charge in [-0.3, -0.25) is 0 Å². The maximum atomic E-state index is 11.5. The summed E-state index contributed by atoms with van der Waals surface area (Å²) in [4.78, 5) is 8.51. The molecule has 0 N–H and O–H groups in total. The number of ether oxygens (including phenoxy) is 1. The molecule has 7 heteroatoms. The average Bonchev–Trinajstić information content (AvgIpc) is 2.41. The molecular weight excluding hydrogens is 324 g/mol. The first-order valence-corrected chi connectivity index (χ1v) is 8.96. The first-order chi connectivity index (χ1) is 10.2. The highest BCUT2D eigenvalue weighted by atomic mass is 35.5. The predicted molar refractivity (Wildman–Crippen MR) is 85.5 cm³/mol. The molecule has 2 aromatic rings. The van der Waals surface area contributed by atoms with E-state index in [4.69, 9.17) is 16.3 Å². The fraction of sp³-hybridized carbons (Fsp3) is 0.333. The van der Waals surface area contributed by atoms with E-state index in [1.54, 1.807) is 0 Å². The highest BCUT2D eigenvalue weighted by Gasteiger charge is 2.15. The number of halogens is 1. The van der Waals surface area contributed by atoms with Crippen molar-refractivity contribution in [2.45, 2.75) is 31.6 Å². The van der Waals surface area contributed by atoms with Crippen molar-refractivity contribution in [3.05, 3.63) is 40.8 Å². The largest absolute Gasteiger partial charge is 0.437 e. The van der Waals surface area contributed by atoms with Crippen molar-refractivity contribution in [2.75, 3.05) is 6.26 Å². The third-order valence-electron chi connectivity index (χ3n) is 3.16. The SMILES string of the molecule is Cc1c(Oc2ccc(S(C)(=O)=O)cc2Cl)ncnc1C(C)C. The van der Waals surface area contributed by atoms with Gasteiger partial charge in [0.1, 0.15) is 12.1 Å². The molecule has 0 aliphatic rings. The van der Waals surface area contributed by atoms with Crippen LogP contribution >= 0.6 is 11.6 Å². The minimum Gasteiger partial charge on any atom is -0.437 e. The van der Waals surface area contributed by atoms with Crippen molar-refractivity contribution in [1.82, 2.24) is 9.97 Å². The Hall–Kier alpha value is -1.66. The van der Waals surface area contributed by atoms with Crippen molar-refractivity contribution in [3.8, 4) is 11.6 Å². The molecule has 0 aliphatic carbocycles. The van der Waals surface area contributed by atoms with Gasteiger partial charge < -0.3 is 4.74 Å². The molecule has 118 valence electrons. The Balaban J connectivity index is 2.38. The highest BCUT2D eigenvalue weighted by molar-refractivity contribution is 7.90. The Morgan fingerprint density at radius 2 is 1.91 bits per heavy atom. The predicted octanol–water partition coefficient (Wildman–Crippen LogP) is 3.76. The minimum atomic E-state index is -3.31. The quantitative estimate of drug-likeness (QED) is 0.847. The molecule has 0 spiro atoms. The van der Waals surface area contributed by atoms with E-state index in [-0.39, 0.29) is 15.8 Å². The van der Waals surface area contributed by atoms with E-state index >= 15 is 0 Å². The molecule has 0 unspecified atom stereocenters. The molecule has 0 bridgehead atoms. The summed E-state index contributed by atoms with van der Waals surface area (Å²) in [5.74, 6) is 1.01. The van der Waals surface area contributed by atoms with Crippen LogP contribution in [0.4, 0.5) is 0 Å². The van der Waals surface area contributed by atoms with Gasteiger partial charge in [-0.1, -0.05) is 25.4 Å². The second kappa shape index (κ2) is 6.22. The van der Waals surface area contributed by atoms with Crippen molar-refractivity contribution in [1.29, 1.82) is 0 Å². The fourth-order valence-corrected chi connectivity index (χ4v) is 2.96. The zero-order valence-corrected chi connectivity index (χ0v) is 14.4. The first kappa shape index (κ1) is 16.7. The molecule has 0 saturated heterocycles. The smallest absolute Gasteiger partial charge is 0.225 e. The van der Waals surface area contributed by atoms with Crippen LogP contribution in [0.1, 0.15) is 31.0 Å². The van der Waals surface area contributed by atoms with E-state index in [2.05, 4.69) is 9.97 Å². The van der Waals surface area contributed by atoms with Crippen LogP contribution in [0.5, 0.6) is 11.6 Å². The topological polar surface area (TPSA) is 69.2 Å². The van der Waals surface area contributed by atoms with Crippen LogP contribution in [0, 0.1) is 6.92 Å². The lowest BCUT2D eigenvalue weighted by atomic mass is 10.1. The molecule has 2 rings (SSSR count). The van der Waals surface area contributed by atoms with Crippen LogP contribution in [-0.2, 0) is 9.84 Å². The number of benzene rings is 1. The monoisotopic (exact) mass is 340 g/mol. The molecule has 0 radical (unpaired) electrons. The van der Waals surface area contributed by atoms with Gasteiger partial charge in [0.05, 0.1) is 15.6 Å².